The molecule has 3 rings (SSSR count). The number of amides is 1. The Balaban J connectivity index is 1.77. The van der Waals surface area contributed by atoms with Crippen molar-refractivity contribution in [1.82, 2.24) is 14.9 Å². The number of benzene rings is 1. The number of carbonyl (C=O) groups excluding carboxylic acids is 2. The van der Waals surface area contributed by atoms with Crippen LogP contribution in [-0.2, 0) is 20.9 Å². The van der Waals surface area contributed by atoms with Gasteiger partial charge in [-0.15, -0.1) is 11.3 Å². The summed E-state index contributed by atoms with van der Waals surface area (Å²) < 4.78 is 5.95. The van der Waals surface area contributed by atoms with Crippen LogP contribution in [0.2, 0.25) is 0 Å². The number of nitrogens with one attached hydrogen (secondary N) is 1. The minimum Gasteiger partial charge on any atom is -0.469 e. The number of ether oxygens (including phenoxy) is 1. The molecule has 0 aliphatic rings. The normalized spacial score (nSPS) is 11.9. The summed E-state index contributed by atoms with van der Waals surface area (Å²) in [5.41, 5.74) is 0.294. The van der Waals surface area contributed by atoms with Crippen LogP contribution in [0.5, 0.6) is 0 Å². The molecule has 1 aromatic carbocycles. The van der Waals surface area contributed by atoms with Crippen LogP contribution in [0.3, 0.4) is 0 Å². The quantitative estimate of drug-likeness (QED) is 0.668. The van der Waals surface area contributed by atoms with Gasteiger partial charge in [0.05, 0.1) is 36.8 Å². The van der Waals surface area contributed by atoms with Gasteiger partial charge in [-0.3, -0.25) is 19.0 Å². The number of hydrogen-bond donors (Lipinski definition) is 1. The first kappa shape index (κ1) is 17.8. The first-order valence-electron chi connectivity index (χ1n) is 7.92. The number of carbonyl (C=O) groups is 2. The largest absolute Gasteiger partial charge is 0.469 e. The molecule has 8 heteroatoms. The lowest BCUT2D eigenvalue weighted by Gasteiger charge is -2.17. The van der Waals surface area contributed by atoms with E-state index in [1.54, 1.807) is 24.3 Å². The Morgan fingerprint density at radius 2 is 2.08 bits per heavy atom. The maximum absolute atomic E-state index is 12.5. The standard InChI is InChI=1S/C18H17N3O4S/c1-25-17(23)9-14(15-7-4-8-26-15)20-16(22)10-21-11-19-13-6-3-2-5-12(13)18(21)24/h2-8,11,14H,9-10H2,1H3,(H,20,22). The summed E-state index contributed by atoms with van der Waals surface area (Å²) in [4.78, 5) is 41.6. The molecule has 0 aliphatic heterocycles. The summed E-state index contributed by atoms with van der Waals surface area (Å²) in [6, 6.07) is 10.1. The highest BCUT2D eigenvalue weighted by molar-refractivity contribution is 7.10. The molecule has 1 unspecified atom stereocenters. The van der Waals surface area contributed by atoms with Crippen molar-refractivity contribution in [3.63, 3.8) is 0 Å². The number of esters is 1. The number of thiophene rings is 1. The molecule has 0 bridgehead atoms. The maximum atomic E-state index is 12.5. The van der Waals surface area contributed by atoms with E-state index in [0.29, 0.717) is 10.9 Å². The summed E-state index contributed by atoms with van der Waals surface area (Å²) in [5.74, 6) is -0.806. The van der Waals surface area contributed by atoms with Gasteiger partial charge in [-0.1, -0.05) is 18.2 Å². The van der Waals surface area contributed by atoms with Crippen molar-refractivity contribution in [2.75, 3.05) is 7.11 Å². The van der Waals surface area contributed by atoms with Crippen LogP contribution in [-0.4, -0.2) is 28.5 Å². The third kappa shape index (κ3) is 3.97. The van der Waals surface area contributed by atoms with Crippen LogP contribution >= 0.6 is 11.3 Å². The van der Waals surface area contributed by atoms with Crippen LogP contribution < -0.4 is 10.9 Å². The van der Waals surface area contributed by atoms with Crippen molar-refractivity contribution >= 4 is 34.1 Å². The number of aromatic nitrogens is 2. The Morgan fingerprint density at radius 3 is 2.81 bits per heavy atom. The average molecular weight is 371 g/mol. The van der Waals surface area contributed by atoms with E-state index in [1.165, 1.54) is 29.3 Å². The Bertz CT molecular complexity index is 982. The second-order valence-corrected chi connectivity index (χ2v) is 6.59. The molecule has 0 spiro atoms. The number of para-hydroxylation sites is 1. The van der Waals surface area contributed by atoms with Crippen molar-refractivity contribution in [3.05, 3.63) is 63.3 Å². The molecule has 0 fully saturated rings. The van der Waals surface area contributed by atoms with Gasteiger partial charge in [-0.25, -0.2) is 4.98 Å². The predicted octanol–water partition coefficient (Wildman–Crippen LogP) is 1.88. The summed E-state index contributed by atoms with van der Waals surface area (Å²) in [5, 5.41) is 5.11. The monoisotopic (exact) mass is 371 g/mol. The number of nitrogens with zero attached hydrogens (tertiary/aromatic N) is 2. The van der Waals surface area contributed by atoms with E-state index in [2.05, 4.69) is 10.3 Å². The van der Waals surface area contributed by atoms with Gasteiger partial charge in [0.2, 0.25) is 5.91 Å². The first-order chi connectivity index (χ1) is 12.6. The Hall–Kier alpha value is -3.00. The fourth-order valence-corrected chi connectivity index (χ4v) is 3.35. The molecule has 0 radical (unpaired) electrons. The van der Waals surface area contributed by atoms with Crippen LogP contribution in [0.4, 0.5) is 0 Å². The van der Waals surface area contributed by atoms with Crippen LogP contribution in [0.25, 0.3) is 10.9 Å². The van der Waals surface area contributed by atoms with E-state index in [9.17, 15) is 14.4 Å². The van der Waals surface area contributed by atoms with Gasteiger partial charge in [0, 0.05) is 4.88 Å². The van der Waals surface area contributed by atoms with Gasteiger partial charge in [-0.2, -0.15) is 0 Å². The SMILES string of the molecule is COC(=O)CC(NC(=O)Cn1cnc2ccccc2c1=O)c1cccs1. The number of methoxy groups -OCH3 is 1. The Labute approximate surface area is 153 Å². The smallest absolute Gasteiger partial charge is 0.307 e. The number of fused-ring (bicyclic) bond motifs is 1. The minimum atomic E-state index is -0.501. The number of rotatable bonds is 6. The molecule has 1 atom stereocenters. The zero-order valence-corrected chi connectivity index (χ0v) is 14.9. The molecule has 0 aliphatic carbocycles. The lowest BCUT2D eigenvalue weighted by molar-refractivity contribution is -0.141. The third-order valence-electron chi connectivity index (χ3n) is 3.87. The molecule has 26 heavy (non-hydrogen) atoms. The molecular weight excluding hydrogens is 354 g/mol. The Kier molecular flexibility index (Phi) is 5.43. The molecule has 134 valence electrons. The van der Waals surface area contributed by atoms with E-state index < -0.39 is 12.0 Å². The van der Waals surface area contributed by atoms with Gasteiger partial charge in [0.25, 0.3) is 5.56 Å². The lowest BCUT2D eigenvalue weighted by atomic mass is 10.1. The predicted molar refractivity (Wildman–Crippen MR) is 97.8 cm³/mol. The van der Waals surface area contributed by atoms with Crippen molar-refractivity contribution in [3.8, 4) is 0 Å². The highest BCUT2D eigenvalue weighted by Crippen LogP contribution is 2.22. The molecular formula is C18H17N3O4S. The molecule has 3 aromatic rings. The van der Waals surface area contributed by atoms with Gasteiger partial charge in [0.15, 0.2) is 0 Å². The summed E-state index contributed by atoms with van der Waals surface area (Å²) in [6.45, 7) is -0.181. The fraction of sp³-hybridized carbons (Fsp3) is 0.222. The lowest BCUT2D eigenvalue weighted by Crippen LogP contribution is -2.35. The molecule has 2 heterocycles. The minimum absolute atomic E-state index is 0.0215. The van der Waals surface area contributed by atoms with Gasteiger partial charge >= 0.3 is 5.97 Å². The zero-order valence-electron chi connectivity index (χ0n) is 14.0. The highest BCUT2D eigenvalue weighted by atomic mass is 32.1. The maximum Gasteiger partial charge on any atom is 0.307 e. The Morgan fingerprint density at radius 1 is 1.27 bits per heavy atom. The molecule has 0 saturated carbocycles. The zero-order chi connectivity index (χ0) is 18.5. The van der Waals surface area contributed by atoms with Crippen molar-refractivity contribution in [2.24, 2.45) is 0 Å². The van der Waals surface area contributed by atoms with E-state index >= 15 is 0 Å². The van der Waals surface area contributed by atoms with Crippen LogP contribution in [0.1, 0.15) is 17.3 Å². The van der Waals surface area contributed by atoms with Crippen molar-refractivity contribution in [2.45, 2.75) is 19.0 Å². The second kappa shape index (κ2) is 7.92. The first-order valence-corrected chi connectivity index (χ1v) is 8.80. The van der Waals surface area contributed by atoms with E-state index in [0.717, 1.165) is 4.88 Å². The fourth-order valence-electron chi connectivity index (χ4n) is 2.58. The van der Waals surface area contributed by atoms with Crippen molar-refractivity contribution in [1.29, 1.82) is 0 Å². The van der Waals surface area contributed by atoms with Crippen LogP contribution in [0, 0.1) is 0 Å². The van der Waals surface area contributed by atoms with E-state index in [-0.39, 0.29) is 24.4 Å². The molecule has 0 saturated heterocycles. The van der Waals surface area contributed by atoms with E-state index in [4.69, 9.17) is 4.74 Å². The van der Waals surface area contributed by atoms with Crippen LogP contribution in [0.15, 0.2) is 52.9 Å². The van der Waals surface area contributed by atoms with Crippen molar-refractivity contribution < 1.29 is 14.3 Å². The van der Waals surface area contributed by atoms with E-state index in [1.807, 2.05) is 17.5 Å². The molecule has 2 aromatic heterocycles. The summed E-state index contributed by atoms with van der Waals surface area (Å²) >= 11 is 1.43. The molecule has 1 amide bonds. The van der Waals surface area contributed by atoms with Gasteiger partial charge < -0.3 is 10.1 Å². The summed E-state index contributed by atoms with van der Waals surface area (Å²) in [6.07, 6.45) is 1.37. The average Bonchev–Trinajstić information content (AvgIpc) is 3.18. The summed E-state index contributed by atoms with van der Waals surface area (Å²) in [7, 11) is 1.30. The topological polar surface area (TPSA) is 90.3 Å². The number of hydrogen-bond acceptors (Lipinski definition) is 6. The van der Waals surface area contributed by atoms with Gasteiger partial charge in [0.1, 0.15) is 6.54 Å². The highest BCUT2D eigenvalue weighted by Gasteiger charge is 2.20. The third-order valence-corrected chi connectivity index (χ3v) is 4.85. The van der Waals surface area contributed by atoms with Gasteiger partial charge in [-0.05, 0) is 23.6 Å². The molecule has 1 N–H and O–H groups in total. The second-order valence-electron chi connectivity index (χ2n) is 5.61. The molecule has 7 nitrogen and oxygen atoms in total.